The molecule has 0 aliphatic carbocycles. The van der Waals surface area contributed by atoms with E-state index in [9.17, 15) is 9.90 Å². The van der Waals surface area contributed by atoms with Gasteiger partial charge in [-0.3, -0.25) is 4.79 Å². The number of para-hydroxylation sites is 1. The number of hydrogen-bond acceptors (Lipinski definition) is 6. The molecule has 0 aliphatic rings. The first-order valence-corrected chi connectivity index (χ1v) is 4.35. The second kappa shape index (κ2) is 4.30. The van der Waals surface area contributed by atoms with Crippen LogP contribution in [0.2, 0.25) is 0 Å². The van der Waals surface area contributed by atoms with Gasteiger partial charge in [0.2, 0.25) is 0 Å². The maximum Gasteiger partial charge on any atom is 0.264 e. The molecule has 16 heavy (non-hydrogen) atoms. The highest BCUT2D eigenvalue weighted by molar-refractivity contribution is 5.82. The monoisotopic (exact) mass is 217 g/mol. The van der Waals surface area contributed by atoms with Crippen molar-refractivity contribution in [3.8, 4) is 5.75 Å². The maximum atomic E-state index is 10.6. The maximum absolute atomic E-state index is 10.6. The average molecular weight is 217 g/mol. The molecule has 0 bridgehead atoms. The highest BCUT2D eigenvalue weighted by Crippen LogP contribution is 2.29. The summed E-state index contributed by atoms with van der Waals surface area (Å²) in [6.45, 7) is 0. The fourth-order valence-electron chi connectivity index (χ4n) is 1.07. The van der Waals surface area contributed by atoms with E-state index in [2.05, 4.69) is 25.4 Å². The highest BCUT2D eigenvalue weighted by atomic mass is 16.3. The Bertz CT molecular complexity index is 521. The Morgan fingerprint density at radius 1 is 1.38 bits per heavy atom. The lowest BCUT2D eigenvalue weighted by atomic mass is 10.2. The van der Waals surface area contributed by atoms with Gasteiger partial charge in [0, 0.05) is 0 Å². The van der Waals surface area contributed by atoms with Crippen molar-refractivity contribution >= 4 is 17.9 Å². The lowest BCUT2D eigenvalue weighted by molar-refractivity contribution is 0.112. The van der Waals surface area contributed by atoms with Crippen molar-refractivity contribution in [2.75, 3.05) is 0 Å². The molecule has 0 aliphatic heterocycles. The molecule has 7 heteroatoms. The number of phenolic OH excluding ortho intramolecular Hbond substituents is 1. The van der Waals surface area contributed by atoms with Gasteiger partial charge in [-0.1, -0.05) is 6.07 Å². The van der Waals surface area contributed by atoms with Crippen molar-refractivity contribution in [2.24, 2.45) is 10.2 Å². The molecule has 1 aromatic heterocycles. The van der Waals surface area contributed by atoms with E-state index >= 15 is 0 Å². The van der Waals surface area contributed by atoms with E-state index in [1.54, 1.807) is 6.07 Å². The zero-order valence-electron chi connectivity index (χ0n) is 8.03. The van der Waals surface area contributed by atoms with E-state index in [4.69, 9.17) is 0 Å². The van der Waals surface area contributed by atoms with Crippen LogP contribution in [0.3, 0.4) is 0 Å². The molecule has 0 atom stereocenters. The third kappa shape index (κ3) is 1.92. The largest absolute Gasteiger partial charge is 0.505 e. The van der Waals surface area contributed by atoms with Gasteiger partial charge in [0.1, 0.15) is 12.0 Å². The zero-order valence-corrected chi connectivity index (χ0v) is 8.03. The molecule has 0 unspecified atom stereocenters. The summed E-state index contributed by atoms with van der Waals surface area (Å²) in [5.41, 5.74) is 0.356. The Kier molecular flexibility index (Phi) is 2.68. The predicted octanol–water partition coefficient (Wildman–Crippen LogP) is 1.74. The number of aromatic amines is 1. The van der Waals surface area contributed by atoms with Crippen LogP contribution in [0.1, 0.15) is 10.4 Å². The van der Waals surface area contributed by atoms with Gasteiger partial charge >= 0.3 is 0 Å². The second-order valence-electron chi connectivity index (χ2n) is 2.84. The number of nitrogens with zero attached hydrogens (tertiary/aromatic N) is 4. The number of carbonyl (C=O) groups is 1. The number of aromatic nitrogens is 3. The van der Waals surface area contributed by atoms with Crippen molar-refractivity contribution in [1.29, 1.82) is 0 Å². The third-order valence-electron chi connectivity index (χ3n) is 1.83. The number of hydrogen-bond donors (Lipinski definition) is 2. The number of nitrogens with one attached hydrogen (secondary N) is 1. The van der Waals surface area contributed by atoms with Crippen molar-refractivity contribution in [3.63, 3.8) is 0 Å². The summed E-state index contributed by atoms with van der Waals surface area (Å²) in [7, 11) is 0. The number of H-pyrrole nitrogens is 1. The van der Waals surface area contributed by atoms with Gasteiger partial charge in [0.05, 0.1) is 5.56 Å². The van der Waals surface area contributed by atoms with Crippen LogP contribution in [0, 0.1) is 0 Å². The van der Waals surface area contributed by atoms with Gasteiger partial charge in [-0.25, -0.2) is 5.10 Å². The highest BCUT2D eigenvalue weighted by Gasteiger charge is 2.05. The molecule has 1 aromatic carbocycles. The Balaban J connectivity index is 2.31. The molecule has 7 nitrogen and oxygen atoms in total. The predicted molar refractivity (Wildman–Crippen MR) is 54.1 cm³/mol. The minimum atomic E-state index is -0.208. The van der Waals surface area contributed by atoms with Gasteiger partial charge in [0.25, 0.3) is 5.95 Å². The second-order valence-corrected chi connectivity index (χ2v) is 2.84. The molecule has 0 spiro atoms. The normalized spacial score (nSPS) is 10.8. The van der Waals surface area contributed by atoms with Gasteiger partial charge in [0.15, 0.2) is 12.0 Å². The van der Waals surface area contributed by atoms with Crippen LogP contribution >= 0.6 is 0 Å². The summed E-state index contributed by atoms with van der Waals surface area (Å²) >= 11 is 0. The molecule has 2 rings (SSSR count). The quantitative estimate of drug-likeness (QED) is 0.603. The fraction of sp³-hybridized carbons (Fsp3) is 0. The Hall–Kier alpha value is -2.57. The van der Waals surface area contributed by atoms with E-state index < -0.39 is 0 Å². The van der Waals surface area contributed by atoms with Crippen molar-refractivity contribution in [2.45, 2.75) is 0 Å². The Labute approximate surface area is 89.9 Å². The first-order chi connectivity index (χ1) is 7.81. The van der Waals surface area contributed by atoms with Crippen molar-refractivity contribution < 1.29 is 9.90 Å². The molecule has 80 valence electrons. The Morgan fingerprint density at radius 3 is 2.94 bits per heavy atom. The lowest BCUT2D eigenvalue weighted by Gasteiger charge is -1.98. The summed E-state index contributed by atoms with van der Waals surface area (Å²) in [6.07, 6.45) is 1.83. The summed E-state index contributed by atoms with van der Waals surface area (Å²) in [4.78, 5) is 14.3. The number of carbonyl (C=O) groups excluding carboxylic acids is 1. The van der Waals surface area contributed by atoms with Gasteiger partial charge in [-0.2, -0.15) is 10.1 Å². The van der Waals surface area contributed by atoms with Crippen molar-refractivity contribution in [1.82, 2.24) is 15.2 Å². The topological polar surface area (TPSA) is 104 Å². The zero-order chi connectivity index (χ0) is 11.4. The first kappa shape index (κ1) is 9.97. The minimum Gasteiger partial charge on any atom is -0.505 e. The number of rotatable bonds is 3. The molecular weight excluding hydrogens is 210 g/mol. The molecule has 2 N–H and O–H groups in total. The molecular formula is C9H7N5O2. The molecule has 0 saturated heterocycles. The molecule has 0 saturated carbocycles. The fourth-order valence-corrected chi connectivity index (χ4v) is 1.07. The summed E-state index contributed by atoms with van der Waals surface area (Å²) in [5.74, 6) is 0.0108. The molecule has 0 fully saturated rings. The lowest BCUT2D eigenvalue weighted by Crippen LogP contribution is -1.80. The summed E-state index contributed by atoms with van der Waals surface area (Å²) in [6, 6.07) is 4.61. The SMILES string of the molecule is O=Cc1cccc(N=Nc2ncn[nH]2)c1O. The first-order valence-electron chi connectivity index (χ1n) is 4.35. The van der Waals surface area contributed by atoms with E-state index in [1.807, 2.05) is 0 Å². The Morgan fingerprint density at radius 2 is 2.25 bits per heavy atom. The van der Waals surface area contributed by atoms with Gasteiger partial charge in [-0.15, -0.1) is 10.2 Å². The van der Waals surface area contributed by atoms with E-state index in [1.165, 1.54) is 18.5 Å². The van der Waals surface area contributed by atoms with Crippen LogP contribution in [0.15, 0.2) is 34.8 Å². The number of aromatic hydroxyl groups is 1. The third-order valence-corrected chi connectivity index (χ3v) is 1.83. The standard InChI is InChI=1S/C9H7N5O2/c15-4-6-2-1-3-7(8(6)16)12-14-9-10-5-11-13-9/h1-5,16H,(H,10,11,13). The van der Waals surface area contributed by atoms with Crippen LogP contribution in [-0.2, 0) is 0 Å². The van der Waals surface area contributed by atoms with Gasteiger partial charge < -0.3 is 5.11 Å². The van der Waals surface area contributed by atoms with Crippen molar-refractivity contribution in [3.05, 3.63) is 30.1 Å². The van der Waals surface area contributed by atoms with Crippen LogP contribution in [-0.4, -0.2) is 26.6 Å². The number of phenols is 1. The molecule has 2 aromatic rings. The van der Waals surface area contributed by atoms with Gasteiger partial charge in [-0.05, 0) is 12.1 Å². The molecule has 0 amide bonds. The smallest absolute Gasteiger partial charge is 0.264 e. The number of aldehydes is 1. The summed E-state index contributed by atoms with van der Waals surface area (Å²) in [5, 5.41) is 23.1. The summed E-state index contributed by atoms with van der Waals surface area (Å²) < 4.78 is 0. The molecule has 1 heterocycles. The van der Waals surface area contributed by atoms with Crippen LogP contribution in [0.4, 0.5) is 11.6 Å². The van der Waals surface area contributed by atoms with E-state index in [0.29, 0.717) is 6.29 Å². The van der Waals surface area contributed by atoms with E-state index in [0.717, 1.165) is 0 Å². The molecule has 0 radical (unpaired) electrons. The van der Waals surface area contributed by atoms with Crippen LogP contribution in [0.5, 0.6) is 5.75 Å². The van der Waals surface area contributed by atoms with Crippen LogP contribution < -0.4 is 0 Å². The van der Waals surface area contributed by atoms with Crippen LogP contribution in [0.25, 0.3) is 0 Å². The average Bonchev–Trinajstić information content (AvgIpc) is 2.81. The van der Waals surface area contributed by atoms with E-state index in [-0.39, 0.29) is 22.9 Å². The minimum absolute atomic E-state index is 0.161. The number of benzene rings is 1. The number of azo groups is 1.